The lowest BCUT2D eigenvalue weighted by molar-refractivity contribution is 0.0622. The molecule has 2 aromatic heterocycles. The molecule has 0 radical (unpaired) electrons. The Labute approximate surface area is 132 Å². The van der Waals surface area contributed by atoms with Gasteiger partial charge in [-0.25, -0.2) is 0 Å². The Balaban J connectivity index is 1.94. The number of hydrogen-bond donors (Lipinski definition) is 2. The fourth-order valence-electron chi connectivity index (χ4n) is 3.65. The molecule has 1 saturated carbocycles. The van der Waals surface area contributed by atoms with Gasteiger partial charge in [0.2, 0.25) is 0 Å². The van der Waals surface area contributed by atoms with E-state index >= 15 is 0 Å². The molecule has 0 atom stereocenters. The molecule has 0 amide bonds. The second-order valence-electron chi connectivity index (χ2n) is 6.52. The standard InChI is InChI=1S/C18H24N4/c19-18(20)10-4-3-9-17(18,13-15-7-1-5-11-21-15)14-16-8-2-6-12-22-16/h1-2,5-8,11-12H,3-4,9-10,13-14,19-20H2. The first-order chi connectivity index (χ1) is 10.6. The number of nitrogens with zero attached hydrogens (tertiary/aromatic N) is 2. The molecule has 22 heavy (non-hydrogen) atoms. The van der Waals surface area contributed by atoms with Crippen molar-refractivity contribution in [3.63, 3.8) is 0 Å². The molecule has 1 fully saturated rings. The Bertz CT molecular complexity index is 553. The highest BCUT2D eigenvalue weighted by atomic mass is 15.0. The van der Waals surface area contributed by atoms with Crippen molar-refractivity contribution in [2.75, 3.05) is 0 Å². The summed E-state index contributed by atoms with van der Waals surface area (Å²) in [5.41, 5.74) is 14.4. The minimum atomic E-state index is -0.680. The normalized spacial score (nSPS) is 19.7. The van der Waals surface area contributed by atoms with E-state index in [2.05, 4.69) is 22.1 Å². The molecule has 4 nitrogen and oxygen atoms in total. The molecule has 3 rings (SSSR count). The van der Waals surface area contributed by atoms with Crippen LogP contribution in [0, 0.1) is 5.41 Å². The maximum Gasteiger partial charge on any atom is 0.0702 e. The van der Waals surface area contributed by atoms with Crippen molar-refractivity contribution in [1.29, 1.82) is 0 Å². The van der Waals surface area contributed by atoms with Gasteiger partial charge in [-0.15, -0.1) is 0 Å². The van der Waals surface area contributed by atoms with E-state index in [-0.39, 0.29) is 5.41 Å². The van der Waals surface area contributed by atoms with E-state index < -0.39 is 5.66 Å². The summed E-state index contributed by atoms with van der Waals surface area (Å²) in [6.07, 6.45) is 9.41. The highest BCUT2D eigenvalue weighted by Crippen LogP contribution is 2.44. The Morgan fingerprint density at radius 2 is 1.36 bits per heavy atom. The number of rotatable bonds is 4. The van der Waals surface area contributed by atoms with Crippen molar-refractivity contribution in [3.8, 4) is 0 Å². The summed E-state index contributed by atoms with van der Waals surface area (Å²) in [4.78, 5) is 8.99. The Kier molecular flexibility index (Phi) is 4.23. The summed E-state index contributed by atoms with van der Waals surface area (Å²) in [7, 11) is 0. The molecule has 116 valence electrons. The van der Waals surface area contributed by atoms with E-state index in [0.717, 1.165) is 49.9 Å². The van der Waals surface area contributed by atoms with Gasteiger partial charge in [0.1, 0.15) is 0 Å². The highest BCUT2D eigenvalue weighted by molar-refractivity contribution is 5.16. The number of aromatic nitrogens is 2. The van der Waals surface area contributed by atoms with Crippen LogP contribution in [-0.4, -0.2) is 15.6 Å². The van der Waals surface area contributed by atoms with E-state index in [1.807, 2.05) is 36.7 Å². The first-order valence-corrected chi connectivity index (χ1v) is 7.99. The first-order valence-electron chi connectivity index (χ1n) is 7.99. The Morgan fingerprint density at radius 3 is 1.82 bits per heavy atom. The van der Waals surface area contributed by atoms with Crippen molar-refractivity contribution in [1.82, 2.24) is 9.97 Å². The van der Waals surface area contributed by atoms with Crippen molar-refractivity contribution >= 4 is 0 Å². The SMILES string of the molecule is NC1(N)CCCCC1(Cc1ccccn1)Cc1ccccn1. The van der Waals surface area contributed by atoms with Crippen molar-refractivity contribution in [2.45, 2.75) is 44.2 Å². The van der Waals surface area contributed by atoms with E-state index in [9.17, 15) is 0 Å². The van der Waals surface area contributed by atoms with Crippen LogP contribution in [-0.2, 0) is 12.8 Å². The molecule has 0 bridgehead atoms. The zero-order valence-corrected chi connectivity index (χ0v) is 12.9. The molecule has 0 unspecified atom stereocenters. The lowest BCUT2D eigenvalue weighted by Crippen LogP contribution is -2.65. The predicted molar refractivity (Wildman–Crippen MR) is 87.9 cm³/mol. The topological polar surface area (TPSA) is 77.8 Å². The molecule has 1 aliphatic carbocycles. The minimum Gasteiger partial charge on any atom is -0.313 e. The second-order valence-corrected chi connectivity index (χ2v) is 6.52. The molecule has 2 aromatic rings. The molecular formula is C18H24N4. The lowest BCUT2D eigenvalue weighted by atomic mass is 9.61. The van der Waals surface area contributed by atoms with Crippen LogP contribution in [0.3, 0.4) is 0 Å². The molecule has 4 heteroatoms. The van der Waals surface area contributed by atoms with Gasteiger partial charge < -0.3 is 11.5 Å². The fraction of sp³-hybridized carbons (Fsp3) is 0.444. The molecule has 4 N–H and O–H groups in total. The molecule has 0 spiro atoms. The molecule has 0 aliphatic heterocycles. The average Bonchev–Trinajstić information content (AvgIpc) is 2.52. The summed E-state index contributed by atoms with van der Waals surface area (Å²) in [5, 5.41) is 0. The van der Waals surface area contributed by atoms with Crippen molar-refractivity contribution in [2.24, 2.45) is 16.9 Å². The first kappa shape index (κ1) is 15.1. The number of hydrogen-bond acceptors (Lipinski definition) is 4. The van der Waals surface area contributed by atoms with E-state index in [1.54, 1.807) is 0 Å². The quantitative estimate of drug-likeness (QED) is 0.849. The van der Waals surface area contributed by atoms with Gasteiger partial charge in [0, 0.05) is 29.2 Å². The lowest BCUT2D eigenvalue weighted by Gasteiger charge is -2.49. The monoisotopic (exact) mass is 296 g/mol. The zero-order valence-electron chi connectivity index (χ0n) is 12.9. The van der Waals surface area contributed by atoms with E-state index in [4.69, 9.17) is 11.5 Å². The van der Waals surface area contributed by atoms with Crippen LogP contribution in [0.2, 0.25) is 0 Å². The van der Waals surface area contributed by atoms with E-state index in [1.165, 1.54) is 0 Å². The van der Waals surface area contributed by atoms with Gasteiger partial charge in [0.15, 0.2) is 0 Å². The number of nitrogens with two attached hydrogens (primary N) is 2. The van der Waals surface area contributed by atoms with Gasteiger partial charge in [-0.2, -0.15) is 0 Å². The Morgan fingerprint density at radius 1 is 0.818 bits per heavy atom. The van der Waals surface area contributed by atoms with Gasteiger partial charge in [-0.1, -0.05) is 25.0 Å². The van der Waals surface area contributed by atoms with Crippen LogP contribution in [0.4, 0.5) is 0 Å². The van der Waals surface area contributed by atoms with E-state index in [0.29, 0.717) is 0 Å². The summed E-state index contributed by atoms with van der Waals surface area (Å²) in [6.45, 7) is 0. The van der Waals surface area contributed by atoms with Gasteiger partial charge in [-0.3, -0.25) is 9.97 Å². The molecule has 0 saturated heterocycles. The summed E-state index contributed by atoms with van der Waals surface area (Å²) in [6, 6.07) is 12.0. The van der Waals surface area contributed by atoms with Crippen LogP contribution in [0.15, 0.2) is 48.8 Å². The predicted octanol–water partition coefficient (Wildman–Crippen LogP) is 2.44. The highest BCUT2D eigenvalue weighted by Gasteiger charge is 2.48. The smallest absolute Gasteiger partial charge is 0.0702 e. The fourth-order valence-corrected chi connectivity index (χ4v) is 3.65. The zero-order chi connectivity index (χ0) is 15.5. The molecule has 2 heterocycles. The van der Waals surface area contributed by atoms with Gasteiger partial charge in [0.25, 0.3) is 0 Å². The van der Waals surface area contributed by atoms with Crippen LogP contribution < -0.4 is 11.5 Å². The van der Waals surface area contributed by atoms with Gasteiger partial charge in [0.05, 0.1) is 5.66 Å². The molecule has 0 aromatic carbocycles. The number of pyridine rings is 2. The van der Waals surface area contributed by atoms with Crippen LogP contribution in [0.5, 0.6) is 0 Å². The third kappa shape index (κ3) is 3.03. The van der Waals surface area contributed by atoms with Crippen LogP contribution >= 0.6 is 0 Å². The molecular weight excluding hydrogens is 272 g/mol. The second kappa shape index (κ2) is 6.15. The van der Waals surface area contributed by atoms with Gasteiger partial charge >= 0.3 is 0 Å². The van der Waals surface area contributed by atoms with Crippen molar-refractivity contribution < 1.29 is 0 Å². The summed E-state index contributed by atoms with van der Waals surface area (Å²) < 4.78 is 0. The van der Waals surface area contributed by atoms with Crippen molar-refractivity contribution in [3.05, 3.63) is 60.2 Å². The molecule has 1 aliphatic rings. The Hall–Kier alpha value is -1.78. The average molecular weight is 296 g/mol. The van der Waals surface area contributed by atoms with Crippen LogP contribution in [0.25, 0.3) is 0 Å². The maximum atomic E-state index is 6.57. The van der Waals surface area contributed by atoms with Gasteiger partial charge in [-0.05, 0) is 49.9 Å². The summed E-state index contributed by atoms with van der Waals surface area (Å²) >= 11 is 0. The maximum absolute atomic E-state index is 6.57. The third-order valence-electron chi connectivity index (χ3n) is 4.97. The summed E-state index contributed by atoms with van der Waals surface area (Å²) in [5.74, 6) is 0. The minimum absolute atomic E-state index is 0.187. The largest absolute Gasteiger partial charge is 0.313 e. The van der Waals surface area contributed by atoms with Crippen LogP contribution in [0.1, 0.15) is 37.1 Å². The third-order valence-corrected chi connectivity index (χ3v) is 4.97.